The van der Waals surface area contributed by atoms with Crippen LogP contribution in [0.4, 0.5) is 18.9 Å². The predicted molar refractivity (Wildman–Crippen MR) is 78.2 cm³/mol. The van der Waals surface area contributed by atoms with E-state index in [-0.39, 0.29) is 16.7 Å². The van der Waals surface area contributed by atoms with Crippen molar-refractivity contribution in [3.63, 3.8) is 0 Å². The Morgan fingerprint density at radius 2 is 2.05 bits per heavy atom. The topological polar surface area (TPSA) is 29.9 Å². The van der Waals surface area contributed by atoms with E-state index in [0.717, 1.165) is 18.5 Å². The number of hydrogen-bond donors (Lipinski definition) is 1. The molecule has 7 heteroatoms. The van der Waals surface area contributed by atoms with Crippen LogP contribution in [-0.2, 0) is 13.1 Å². The Hall–Kier alpha value is -1.63. The zero-order valence-electron chi connectivity index (χ0n) is 11.5. The predicted octanol–water partition coefficient (Wildman–Crippen LogP) is 4.52. The van der Waals surface area contributed by atoms with E-state index in [1.54, 1.807) is 24.4 Å². The van der Waals surface area contributed by atoms with Gasteiger partial charge in [-0.15, -0.1) is 0 Å². The first-order valence-electron chi connectivity index (χ1n) is 6.58. The molecular weight excluding hydrogens is 299 g/mol. The number of thioether (sulfide) groups is 1. The van der Waals surface area contributed by atoms with Crippen molar-refractivity contribution in [2.45, 2.75) is 36.8 Å². The summed E-state index contributed by atoms with van der Waals surface area (Å²) in [7, 11) is 0. The molecule has 0 aliphatic carbocycles. The van der Waals surface area contributed by atoms with Crippen molar-refractivity contribution in [1.82, 2.24) is 9.78 Å². The van der Waals surface area contributed by atoms with Gasteiger partial charge in [-0.25, -0.2) is 0 Å². The number of halogens is 3. The molecule has 0 amide bonds. The van der Waals surface area contributed by atoms with Crippen LogP contribution in [0.2, 0.25) is 0 Å². The molecule has 114 valence electrons. The third kappa shape index (κ3) is 5.00. The lowest BCUT2D eigenvalue weighted by molar-refractivity contribution is -0.0327. The number of benzene rings is 1. The van der Waals surface area contributed by atoms with Crippen LogP contribution in [0.15, 0.2) is 41.6 Å². The van der Waals surface area contributed by atoms with Gasteiger partial charge < -0.3 is 5.32 Å². The second-order valence-electron chi connectivity index (χ2n) is 4.51. The SMILES string of the molecule is CCCn1cc(CNc2ccccc2SC(F)(F)F)cn1. The van der Waals surface area contributed by atoms with Crippen LogP contribution >= 0.6 is 11.8 Å². The number of anilines is 1. The average Bonchev–Trinajstić information content (AvgIpc) is 2.84. The first-order chi connectivity index (χ1) is 9.98. The molecule has 1 heterocycles. The Morgan fingerprint density at radius 3 is 2.76 bits per heavy atom. The zero-order chi connectivity index (χ0) is 15.3. The third-order valence-electron chi connectivity index (χ3n) is 2.74. The number of aromatic nitrogens is 2. The minimum Gasteiger partial charge on any atom is -0.380 e. The van der Waals surface area contributed by atoms with E-state index in [0.29, 0.717) is 12.2 Å². The second kappa shape index (κ2) is 6.89. The van der Waals surface area contributed by atoms with Crippen LogP contribution in [-0.4, -0.2) is 15.3 Å². The summed E-state index contributed by atoms with van der Waals surface area (Å²) >= 11 is -0.107. The molecule has 0 saturated carbocycles. The molecule has 0 saturated heterocycles. The number of nitrogens with one attached hydrogen (secondary N) is 1. The summed E-state index contributed by atoms with van der Waals surface area (Å²) in [5, 5.41) is 7.22. The van der Waals surface area contributed by atoms with Crippen molar-refractivity contribution in [3.8, 4) is 0 Å². The number of nitrogens with zero attached hydrogens (tertiary/aromatic N) is 2. The Bertz CT molecular complexity index is 581. The molecule has 3 nitrogen and oxygen atoms in total. The summed E-state index contributed by atoms with van der Waals surface area (Å²) in [6, 6.07) is 6.41. The van der Waals surface area contributed by atoms with Gasteiger partial charge in [0.2, 0.25) is 0 Å². The molecule has 1 N–H and O–H groups in total. The van der Waals surface area contributed by atoms with E-state index in [1.807, 2.05) is 10.9 Å². The quantitative estimate of drug-likeness (QED) is 0.795. The van der Waals surface area contributed by atoms with E-state index in [1.165, 1.54) is 6.07 Å². The molecular formula is C14H16F3N3S. The molecule has 0 bridgehead atoms. The van der Waals surface area contributed by atoms with E-state index in [4.69, 9.17) is 0 Å². The van der Waals surface area contributed by atoms with Gasteiger partial charge in [0.25, 0.3) is 0 Å². The van der Waals surface area contributed by atoms with Crippen molar-refractivity contribution >= 4 is 17.4 Å². The summed E-state index contributed by atoms with van der Waals surface area (Å²) < 4.78 is 39.3. The van der Waals surface area contributed by atoms with Crippen LogP contribution < -0.4 is 5.32 Å². The fraction of sp³-hybridized carbons (Fsp3) is 0.357. The number of hydrogen-bond acceptors (Lipinski definition) is 3. The van der Waals surface area contributed by atoms with Gasteiger partial charge in [-0.2, -0.15) is 18.3 Å². The summed E-state index contributed by atoms with van der Waals surface area (Å²) in [4.78, 5) is 0.172. The summed E-state index contributed by atoms with van der Waals surface area (Å²) in [6.45, 7) is 3.34. The number of alkyl halides is 3. The maximum Gasteiger partial charge on any atom is 0.446 e. The van der Waals surface area contributed by atoms with Crippen LogP contribution in [0.25, 0.3) is 0 Å². The molecule has 0 unspecified atom stereocenters. The Labute approximate surface area is 125 Å². The normalized spacial score (nSPS) is 11.6. The molecule has 1 aromatic heterocycles. The molecule has 0 spiro atoms. The van der Waals surface area contributed by atoms with Crippen LogP contribution in [0.5, 0.6) is 0 Å². The van der Waals surface area contributed by atoms with Gasteiger partial charge in [0, 0.05) is 35.4 Å². The van der Waals surface area contributed by atoms with Gasteiger partial charge >= 0.3 is 5.51 Å². The highest BCUT2D eigenvalue weighted by atomic mass is 32.2. The maximum atomic E-state index is 12.5. The number of para-hydroxylation sites is 1. The van der Waals surface area contributed by atoms with Crippen molar-refractivity contribution in [1.29, 1.82) is 0 Å². The van der Waals surface area contributed by atoms with Gasteiger partial charge in [-0.05, 0) is 30.3 Å². The lowest BCUT2D eigenvalue weighted by atomic mass is 10.3. The van der Waals surface area contributed by atoms with Crippen molar-refractivity contribution in [2.75, 3.05) is 5.32 Å². The largest absolute Gasteiger partial charge is 0.446 e. The lowest BCUT2D eigenvalue weighted by Crippen LogP contribution is -2.04. The Kier molecular flexibility index (Phi) is 5.17. The van der Waals surface area contributed by atoms with Gasteiger partial charge in [0.15, 0.2) is 0 Å². The highest BCUT2D eigenvalue weighted by molar-refractivity contribution is 8.00. The fourth-order valence-electron chi connectivity index (χ4n) is 1.87. The Morgan fingerprint density at radius 1 is 1.29 bits per heavy atom. The van der Waals surface area contributed by atoms with Gasteiger partial charge in [0.1, 0.15) is 0 Å². The molecule has 2 rings (SSSR count). The smallest absolute Gasteiger partial charge is 0.380 e. The van der Waals surface area contributed by atoms with E-state index < -0.39 is 5.51 Å². The standard InChI is InChI=1S/C14H16F3N3S/c1-2-7-20-10-11(9-19-20)8-18-12-5-3-4-6-13(12)21-14(15,16)17/h3-6,9-10,18H,2,7-8H2,1H3. The molecule has 0 aliphatic rings. The Balaban J connectivity index is 2.02. The van der Waals surface area contributed by atoms with Crippen molar-refractivity contribution in [2.24, 2.45) is 0 Å². The van der Waals surface area contributed by atoms with E-state index in [2.05, 4.69) is 17.3 Å². The molecule has 0 fully saturated rings. The summed E-state index contributed by atoms with van der Waals surface area (Å²) in [5.74, 6) is 0. The lowest BCUT2D eigenvalue weighted by Gasteiger charge is -2.12. The van der Waals surface area contributed by atoms with Crippen LogP contribution in [0, 0.1) is 0 Å². The van der Waals surface area contributed by atoms with Gasteiger partial charge in [-0.3, -0.25) is 4.68 Å². The third-order valence-corrected chi connectivity index (χ3v) is 3.54. The molecule has 0 atom stereocenters. The highest BCUT2D eigenvalue weighted by Gasteiger charge is 2.30. The van der Waals surface area contributed by atoms with E-state index in [9.17, 15) is 13.2 Å². The van der Waals surface area contributed by atoms with Crippen molar-refractivity contribution in [3.05, 3.63) is 42.2 Å². The summed E-state index contributed by atoms with van der Waals surface area (Å²) in [5.41, 5.74) is -2.87. The highest BCUT2D eigenvalue weighted by Crippen LogP contribution is 2.40. The average molecular weight is 315 g/mol. The molecule has 2 aromatic rings. The monoisotopic (exact) mass is 315 g/mol. The minimum atomic E-state index is -4.29. The molecule has 1 aromatic carbocycles. The van der Waals surface area contributed by atoms with E-state index >= 15 is 0 Å². The first kappa shape index (κ1) is 15.8. The number of aryl methyl sites for hydroxylation is 1. The van der Waals surface area contributed by atoms with Crippen LogP contribution in [0.3, 0.4) is 0 Å². The zero-order valence-corrected chi connectivity index (χ0v) is 12.3. The number of rotatable bonds is 6. The fourth-order valence-corrected chi connectivity index (χ4v) is 2.52. The van der Waals surface area contributed by atoms with Gasteiger partial charge in [-0.1, -0.05) is 19.1 Å². The maximum absolute atomic E-state index is 12.5. The molecule has 0 radical (unpaired) electrons. The van der Waals surface area contributed by atoms with Crippen molar-refractivity contribution < 1.29 is 13.2 Å². The molecule has 0 aliphatic heterocycles. The van der Waals surface area contributed by atoms with Crippen LogP contribution in [0.1, 0.15) is 18.9 Å². The second-order valence-corrected chi connectivity index (χ2v) is 5.62. The molecule has 21 heavy (non-hydrogen) atoms. The minimum absolute atomic E-state index is 0.107. The first-order valence-corrected chi connectivity index (χ1v) is 7.39. The van der Waals surface area contributed by atoms with Gasteiger partial charge in [0.05, 0.1) is 6.20 Å². The summed E-state index contributed by atoms with van der Waals surface area (Å²) in [6.07, 6.45) is 4.61.